The highest BCUT2D eigenvalue weighted by atomic mass is 16.6. The van der Waals surface area contributed by atoms with Crippen LogP contribution in [0, 0.1) is 23.0 Å². The van der Waals surface area contributed by atoms with E-state index >= 15 is 0 Å². The second kappa shape index (κ2) is 4.17. The summed E-state index contributed by atoms with van der Waals surface area (Å²) in [5.74, 6) is 0.622. The lowest BCUT2D eigenvalue weighted by Gasteiger charge is -2.09. The van der Waals surface area contributed by atoms with Gasteiger partial charge in [-0.2, -0.15) is 0 Å². The molecule has 0 bridgehead atoms. The summed E-state index contributed by atoms with van der Waals surface area (Å²) in [5, 5.41) is 10.6. The quantitative estimate of drug-likeness (QED) is 0.618. The Morgan fingerprint density at radius 1 is 1.69 bits per heavy atom. The third-order valence-corrected chi connectivity index (χ3v) is 3.01. The van der Waals surface area contributed by atoms with Gasteiger partial charge in [0.25, 0.3) is 5.69 Å². The number of rotatable bonds is 4. The molecular formula is C11H15N3O2. The van der Waals surface area contributed by atoms with E-state index in [0.717, 1.165) is 5.69 Å². The molecule has 1 heterocycles. The van der Waals surface area contributed by atoms with Crippen molar-refractivity contribution >= 4 is 5.69 Å². The first-order chi connectivity index (χ1) is 7.58. The fourth-order valence-corrected chi connectivity index (χ4v) is 1.84. The number of hydrogen-bond donors (Lipinski definition) is 1. The summed E-state index contributed by atoms with van der Waals surface area (Å²) < 4.78 is 0. The van der Waals surface area contributed by atoms with Gasteiger partial charge >= 0.3 is 0 Å². The summed E-state index contributed by atoms with van der Waals surface area (Å²) in [6, 6.07) is 1.91. The van der Waals surface area contributed by atoms with Crippen LogP contribution in [-0.2, 0) is 6.42 Å². The maximum atomic E-state index is 10.6. The second-order valence-corrected chi connectivity index (χ2v) is 4.42. The third-order valence-electron chi connectivity index (χ3n) is 3.01. The van der Waals surface area contributed by atoms with Gasteiger partial charge in [-0.05, 0) is 31.7 Å². The molecule has 0 aromatic carbocycles. The van der Waals surface area contributed by atoms with Crippen LogP contribution in [-0.4, -0.2) is 15.9 Å². The molecule has 16 heavy (non-hydrogen) atoms. The zero-order valence-electron chi connectivity index (χ0n) is 9.22. The predicted molar refractivity (Wildman–Crippen MR) is 60.0 cm³/mol. The topological polar surface area (TPSA) is 82.0 Å². The van der Waals surface area contributed by atoms with Crippen LogP contribution in [0.3, 0.4) is 0 Å². The predicted octanol–water partition coefficient (Wildman–Crippen LogP) is 1.58. The highest BCUT2D eigenvalue weighted by Gasteiger charge is 2.28. The minimum atomic E-state index is -0.410. The van der Waals surface area contributed by atoms with E-state index in [1.54, 1.807) is 13.0 Å². The molecule has 1 aromatic rings. The number of aryl methyl sites for hydroxylation is 1. The summed E-state index contributed by atoms with van der Waals surface area (Å²) >= 11 is 0. The average Bonchev–Trinajstić information content (AvgIpc) is 2.99. The van der Waals surface area contributed by atoms with Gasteiger partial charge in [0.1, 0.15) is 6.20 Å². The van der Waals surface area contributed by atoms with Gasteiger partial charge in [0.2, 0.25) is 0 Å². The Morgan fingerprint density at radius 2 is 2.38 bits per heavy atom. The van der Waals surface area contributed by atoms with Crippen LogP contribution in [0.2, 0.25) is 0 Å². The summed E-state index contributed by atoms with van der Waals surface area (Å²) in [6.07, 6.45) is 4.44. The molecule has 1 fully saturated rings. The highest BCUT2D eigenvalue weighted by molar-refractivity contribution is 5.37. The Bertz CT molecular complexity index is 416. The van der Waals surface area contributed by atoms with Gasteiger partial charge in [0, 0.05) is 23.7 Å². The van der Waals surface area contributed by atoms with Gasteiger partial charge < -0.3 is 5.73 Å². The zero-order chi connectivity index (χ0) is 11.7. The molecule has 2 N–H and O–H groups in total. The van der Waals surface area contributed by atoms with Crippen LogP contribution in [0.1, 0.15) is 24.1 Å². The van der Waals surface area contributed by atoms with Gasteiger partial charge in [-0.1, -0.05) is 0 Å². The van der Waals surface area contributed by atoms with Gasteiger partial charge in [0.05, 0.1) is 4.92 Å². The van der Waals surface area contributed by atoms with E-state index in [4.69, 9.17) is 5.73 Å². The fourth-order valence-electron chi connectivity index (χ4n) is 1.84. The number of nitro groups is 1. The zero-order valence-corrected chi connectivity index (χ0v) is 9.22. The summed E-state index contributed by atoms with van der Waals surface area (Å²) in [6.45, 7) is 1.73. The van der Waals surface area contributed by atoms with Gasteiger partial charge in [-0.3, -0.25) is 15.1 Å². The Kier molecular flexibility index (Phi) is 2.87. The third kappa shape index (κ3) is 2.36. The number of hydrogen-bond acceptors (Lipinski definition) is 4. The molecule has 5 nitrogen and oxygen atoms in total. The van der Waals surface area contributed by atoms with E-state index in [9.17, 15) is 10.1 Å². The highest BCUT2D eigenvalue weighted by Crippen LogP contribution is 2.32. The molecule has 1 saturated carbocycles. The number of nitrogens with two attached hydrogens (primary N) is 1. The van der Waals surface area contributed by atoms with Crippen LogP contribution in [0.15, 0.2) is 12.3 Å². The minimum Gasteiger partial charge on any atom is -0.327 e. The first-order valence-electron chi connectivity index (χ1n) is 5.43. The second-order valence-electron chi connectivity index (χ2n) is 4.42. The Morgan fingerprint density at radius 3 is 2.88 bits per heavy atom. The van der Waals surface area contributed by atoms with Crippen molar-refractivity contribution in [2.45, 2.75) is 32.2 Å². The van der Waals surface area contributed by atoms with Crippen molar-refractivity contribution in [3.8, 4) is 0 Å². The summed E-state index contributed by atoms with van der Waals surface area (Å²) in [4.78, 5) is 14.3. The van der Waals surface area contributed by atoms with E-state index in [0.29, 0.717) is 17.9 Å². The summed E-state index contributed by atoms with van der Waals surface area (Å²) in [5.41, 5.74) is 7.56. The largest absolute Gasteiger partial charge is 0.327 e. The van der Waals surface area contributed by atoms with E-state index in [-0.39, 0.29) is 11.7 Å². The normalized spacial score (nSPS) is 17.1. The Labute approximate surface area is 93.8 Å². The first-order valence-corrected chi connectivity index (χ1v) is 5.43. The Balaban J connectivity index is 2.10. The van der Waals surface area contributed by atoms with Crippen LogP contribution in [0.4, 0.5) is 5.69 Å². The van der Waals surface area contributed by atoms with Crippen LogP contribution < -0.4 is 5.73 Å². The molecule has 0 amide bonds. The molecule has 1 aliphatic rings. The van der Waals surface area contributed by atoms with E-state index in [2.05, 4.69) is 4.98 Å². The van der Waals surface area contributed by atoms with Crippen molar-refractivity contribution < 1.29 is 4.92 Å². The van der Waals surface area contributed by atoms with Gasteiger partial charge in [-0.15, -0.1) is 0 Å². The summed E-state index contributed by atoms with van der Waals surface area (Å²) in [7, 11) is 0. The molecule has 1 atom stereocenters. The van der Waals surface area contributed by atoms with Crippen molar-refractivity contribution in [2.75, 3.05) is 0 Å². The van der Waals surface area contributed by atoms with E-state index in [1.807, 2.05) is 0 Å². The van der Waals surface area contributed by atoms with Crippen molar-refractivity contribution in [2.24, 2.45) is 11.7 Å². The lowest BCUT2D eigenvalue weighted by molar-refractivity contribution is -0.385. The number of aromatic nitrogens is 1. The standard InChI is InChI=1S/C11H15N3O2/c1-7-4-9(5-10(12)8-2-3-8)13-6-11(7)14(15)16/h4,6,8,10H,2-3,5,12H2,1H3. The molecule has 0 radical (unpaired) electrons. The minimum absolute atomic E-state index is 0.0729. The van der Waals surface area contributed by atoms with E-state index in [1.165, 1.54) is 19.0 Å². The molecule has 5 heteroatoms. The first kappa shape index (κ1) is 11.0. The molecule has 1 aromatic heterocycles. The van der Waals surface area contributed by atoms with E-state index < -0.39 is 4.92 Å². The smallest absolute Gasteiger partial charge is 0.290 e. The Hall–Kier alpha value is -1.49. The molecule has 0 saturated heterocycles. The maximum Gasteiger partial charge on any atom is 0.290 e. The van der Waals surface area contributed by atoms with Gasteiger partial charge in [-0.25, -0.2) is 0 Å². The number of pyridine rings is 1. The van der Waals surface area contributed by atoms with Crippen molar-refractivity contribution in [1.29, 1.82) is 0 Å². The lowest BCUT2D eigenvalue weighted by atomic mass is 10.1. The average molecular weight is 221 g/mol. The van der Waals surface area contributed by atoms with Crippen LogP contribution in [0.5, 0.6) is 0 Å². The lowest BCUT2D eigenvalue weighted by Crippen LogP contribution is -2.25. The van der Waals surface area contributed by atoms with Gasteiger partial charge in [0.15, 0.2) is 0 Å². The molecular weight excluding hydrogens is 206 g/mol. The SMILES string of the molecule is Cc1cc(CC(N)C2CC2)ncc1[N+](=O)[O-]. The molecule has 2 rings (SSSR count). The van der Waals surface area contributed by atoms with Crippen LogP contribution in [0.25, 0.3) is 0 Å². The van der Waals surface area contributed by atoms with Crippen molar-refractivity contribution in [1.82, 2.24) is 4.98 Å². The van der Waals surface area contributed by atoms with Crippen molar-refractivity contribution in [3.63, 3.8) is 0 Å². The molecule has 0 aliphatic heterocycles. The van der Waals surface area contributed by atoms with Crippen molar-refractivity contribution in [3.05, 3.63) is 33.6 Å². The fraction of sp³-hybridized carbons (Fsp3) is 0.545. The molecule has 1 unspecified atom stereocenters. The molecule has 1 aliphatic carbocycles. The molecule has 0 spiro atoms. The monoisotopic (exact) mass is 221 g/mol. The maximum absolute atomic E-state index is 10.6. The molecule has 86 valence electrons. The number of nitrogens with zero attached hydrogens (tertiary/aromatic N) is 2. The van der Waals surface area contributed by atoms with Crippen LogP contribution >= 0.6 is 0 Å².